The fourth-order valence-electron chi connectivity index (χ4n) is 2.49. The molecule has 2 atom stereocenters. The molecule has 0 bridgehead atoms. The Morgan fingerprint density at radius 2 is 2.56 bits per heavy atom. The van der Waals surface area contributed by atoms with Gasteiger partial charge >= 0.3 is 5.97 Å². The zero-order valence-corrected chi connectivity index (χ0v) is 11.3. The molecule has 1 saturated carbocycles. The van der Waals surface area contributed by atoms with E-state index >= 15 is 0 Å². The van der Waals surface area contributed by atoms with Crippen molar-refractivity contribution in [2.75, 3.05) is 7.05 Å². The van der Waals surface area contributed by atoms with Crippen LogP contribution in [0.25, 0.3) is 0 Å². The van der Waals surface area contributed by atoms with Crippen molar-refractivity contribution in [2.24, 2.45) is 0 Å². The standard InChI is InChI=1S/C13H19NO3S/c1-14-13(12(15)16)6-2-5-11(8-13)18-9-10-4-3-7-17-10/h3-4,7,11,14H,2,5-6,8-9H2,1H3,(H,15,16). The highest BCUT2D eigenvalue weighted by Crippen LogP contribution is 2.36. The lowest BCUT2D eigenvalue weighted by atomic mass is 9.81. The van der Waals surface area contributed by atoms with Gasteiger partial charge in [-0.2, -0.15) is 11.8 Å². The number of aliphatic carboxylic acids is 1. The predicted octanol–water partition coefficient (Wildman–Crippen LogP) is 2.50. The Morgan fingerprint density at radius 3 is 3.17 bits per heavy atom. The summed E-state index contributed by atoms with van der Waals surface area (Å²) in [6.07, 6.45) is 5.12. The molecular formula is C13H19NO3S. The zero-order chi connectivity index (χ0) is 13.0. The van der Waals surface area contributed by atoms with E-state index in [0.717, 1.165) is 30.8 Å². The molecule has 5 heteroatoms. The number of thioether (sulfide) groups is 1. The number of hydrogen-bond donors (Lipinski definition) is 2. The number of rotatable bonds is 5. The summed E-state index contributed by atoms with van der Waals surface area (Å²) in [7, 11) is 1.74. The number of likely N-dealkylation sites (N-methyl/N-ethyl adjacent to an activating group) is 1. The van der Waals surface area contributed by atoms with Crippen LogP contribution in [-0.4, -0.2) is 28.9 Å². The number of carboxylic acid groups (broad SMARTS) is 1. The van der Waals surface area contributed by atoms with Crippen LogP contribution in [0.4, 0.5) is 0 Å². The molecule has 1 fully saturated rings. The van der Waals surface area contributed by atoms with Crippen molar-refractivity contribution in [2.45, 2.75) is 42.2 Å². The van der Waals surface area contributed by atoms with Crippen LogP contribution in [0.3, 0.4) is 0 Å². The fraction of sp³-hybridized carbons (Fsp3) is 0.615. The van der Waals surface area contributed by atoms with E-state index in [-0.39, 0.29) is 0 Å². The maximum Gasteiger partial charge on any atom is 0.323 e. The zero-order valence-electron chi connectivity index (χ0n) is 10.5. The van der Waals surface area contributed by atoms with Crippen molar-refractivity contribution >= 4 is 17.7 Å². The summed E-state index contributed by atoms with van der Waals surface area (Å²) in [5, 5.41) is 12.8. The van der Waals surface area contributed by atoms with Gasteiger partial charge < -0.3 is 14.8 Å². The molecule has 1 aromatic heterocycles. The van der Waals surface area contributed by atoms with Crippen LogP contribution < -0.4 is 5.32 Å². The smallest absolute Gasteiger partial charge is 0.323 e. The molecule has 18 heavy (non-hydrogen) atoms. The Kier molecular flexibility index (Phi) is 4.35. The van der Waals surface area contributed by atoms with Crippen LogP contribution in [-0.2, 0) is 10.5 Å². The number of furan rings is 1. The van der Waals surface area contributed by atoms with Crippen molar-refractivity contribution in [3.8, 4) is 0 Å². The van der Waals surface area contributed by atoms with E-state index < -0.39 is 11.5 Å². The van der Waals surface area contributed by atoms with Gasteiger partial charge in [0.2, 0.25) is 0 Å². The quantitative estimate of drug-likeness (QED) is 0.860. The monoisotopic (exact) mass is 269 g/mol. The minimum Gasteiger partial charge on any atom is -0.480 e. The highest BCUT2D eigenvalue weighted by atomic mass is 32.2. The molecule has 4 nitrogen and oxygen atoms in total. The highest BCUT2D eigenvalue weighted by molar-refractivity contribution is 7.99. The molecule has 100 valence electrons. The second-order valence-corrected chi connectivity index (χ2v) is 6.03. The first-order chi connectivity index (χ1) is 8.66. The minimum absolute atomic E-state index is 0.382. The number of nitrogens with one attached hydrogen (secondary N) is 1. The average Bonchev–Trinajstić information content (AvgIpc) is 2.89. The molecule has 2 rings (SSSR count). The Hall–Kier alpha value is -0.940. The third-order valence-corrected chi connectivity index (χ3v) is 4.96. The third kappa shape index (κ3) is 2.90. The second kappa shape index (κ2) is 5.80. The summed E-state index contributed by atoms with van der Waals surface area (Å²) in [5.41, 5.74) is -0.737. The van der Waals surface area contributed by atoms with E-state index in [2.05, 4.69) is 5.32 Å². The van der Waals surface area contributed by atoms with Crippen molar-refractivity contribution < 1.29 is 14.3 Å². The van der Waals surface area contributed by atoms with Gasteiger partial charge in [0, 0.05) is 5.25 Å². The molecule has 1 heterocycles. The van der Waals surface area contributed by atoms with Crippen molar-refractivity contribution in [3.63, 3.8) is 0 Å². The van der Waals surface area contributed by atoms with Crippen LogP contribution in [0.15, 0.2) is 22.8 Å². The summed E-state index contributed by atoms with van der Waals surface area (Å²) < 4.78 is 5.30. The molecular weight excluding hydrogens is 250 g/mol. The molecule has 0 spiro atoms. The van der Waals surface area contributed by atoms with Gasteiger partial charge in [0.05, 0.1) is 12.0 Å². The minimum atomic E-state index is -0.737. The topological polar surface area (TPSA) is 62.5 Å². The Labute approximate surface area is 111 Å². The largest absolute Gasteiger partial charge is 0.480 e. The third-order valence-electron chi connectivity index (χ3n) is 3.64. The van der Waals surface area contributed by atoms with Gasteiger partial charge in [-0.1, -0.05) is 0 Å². The predicted molar refractivity (Wildman–Crippen MR) is 71.7 cm³/mol. The molecule has 1 aliphatic carbocycles. The molecule has 0 saturated heterocycles. The first-order valence-electron chi connectivity index (χ1n) is 6.22. The van der Waals surface area contributed by atoms with Gasteiger partial charge in [0.1, 0.15) is 11.3 Å². The molecule has 1 aromatic rings. The van der Waals surface area contributed by atoms with Gasteiger partial charge in [-0.3, -0.25) is 4.79 Å². The number of carboxylic acids is 1. The first-order valence-corrected chi connectivity index (χ1v) is 7.27. The van der Waals surface area contributed by atoms with E-state index in [1.807, 2.05) is 12.1 Å². The summed E-state index contributed by atoms with van der Waals surface area (Å²) in [6.45, 7) is 0. The van der Waals surface area contributed by atoms with E-state index in [1.165, 1.54) is 0 Å². The van der Waals surface area contributed by atoms with Gasteiger partial charge in [0.15, 0.2) is 0 Å². The van der Waals surface area contributed by atoms with Crippen LogP contribution >= 0.6 is 11.8 Å². The molecule has 0 aliphatic heterocycles. The molecule has 1 aliphatic rings. The van der Waals surface area contributed by atoms with Crippen molar-refractivity contribution in [1.82, 2.24) is 5.32 Å². The van der Waals surface area contributed by atoms with Gasteiger partial charge in [0.25, 0.3) is 0 Å². The lowest BCUT2D eigenvalue weighted by Crippen LogP contribution is -2.53. The van der Waals surface area contributed by atoms with E-state index in [9.17, 15) is 9.90 Å². The second-order valence-electron chi connectivity index (χ2n) is 4.75. The fourth-order valence-corrected chi connectivity index (χ4v) is 3.79. The van der Waals surface area contributed by atoms with E-state index in [4.69, 9.17) is 4.42 Å². The summed E-state index contributed by atoms with van der Waals surface area (Å²) in [6, 6.07) is 3.84. The van der Waals surface area contributed by atoms with Crippen molar-refractivity contribution in [1.29, 1.82) is 0 Å². The molecule has 0 radical (unpaired) electrons. The Balaban J connectivity index is 1.92. The molecule has 2 unspecified atom stereocenters. The lowest BCUT2D eigenvalue weighted by Gasteiger charge is -2.37. The highest BCUT2D eigenvalue weighted by Gasteiger charge is 2.41. The first kappa shape index (κ1) is 13.5. The van der Waals surface area contributed by atoms with Crippen molar-refractivity contribution in [3.05, 3.63) is 24.2 Å². The maximum absolute atomic E-state index is 11.4. The molecule has 0 amide bonds. The normalized spacial score (nSPS) is 28.2. The van der Waals surface area contributed by atoms with Crippen LogP contribution in [0, 0.1) is 0 Å². The Bertz CT molecular complexity index is 393. The van der Waals surface area contributed by atoms with Gasteiger partial charge in [-0.25, -0.2) is 0 Å². The van der Waals surface area contributed by atoms with Gasteiger partial charge in [-0.15, -0.1) is 0 Å². The maximum atomic E-state index is 11.4. The molecule has 2 N–H and O–H groups in total. The van der Waals surface area contributed by atoms with Crippen LogP contribution in [0.2, 0.25) is 0 Å². The van der Waals surface area contributed by atoms with E-state index in [1.54, 1.807) is 25.1 Å². The number of carbonyl (C=O) groups is 1. The molecule has 0 aromatic carbocycles. The van der Waals surface area contributed by atoms with Crippen LogP contribution in [0.1, 0.15) is 31.4 Å². The van der Waals surface area contributed by atoms with E-state index in [0.29, 0.717) is 11.7 Å². The summed E-state index contributed by atoms with van der Waals surface area (Å²) in [5.74, 6) is 1.04. The average molecular weight is 269 g/mol. The summed E-state index contributed by atoms with van der Waals surface area (Å²) in [4.78, 5) is 11.4. The lowest BCUT2D eigenvalue weighted by molar-refractivity contribution is -0.146. The Morgan fingerprint density at radius 1 is 1.72 bits per heavy atom. The SMILES string of the molecule is CNC1(C(=O)O)CCCC(SCc2ccco2)C1. The summed E-state index contributed by atoms with van der Waals surface area (Å²) >= 11 is 1.79. The van der Waals surface area contributed by atoms with Crippen LogP contribution in [0.5, 0.6) is 0 Å². The number of hydrogen-bond acceptors (Lipinski definition) is 4. The van der Waals surface area contributed by atoms with Gasteiger partial charge in [-0.05, 0) is 44.9 Å².